The average molecular weight is 368 g/mol. The summed E-state index contributed by atoms with van der Waals surface area (Å²) in [4.78, 5) is 10.9. The van der Waals surface area contributed by atoms with Gasteiger partial charge in [0.15, 0.2) is 0 Å². The lowest BCUT2D eigenvalue weighted by Gasteiger charge is -2.30. The fraction of sp³-hybridized carbons (Fsp3) is 0.889. The number of hydrogen-bond acceptors (Lipinski definition) is 2. The van der Waals surface area contributed by atoms with Crippen molar-refractivity contribution in [2.45, 2.75) is 35.6 Å². The zero-order valence-electron chi connectivity index (χ0n) is 8.82. The molecule has 2 atom stereocenters. The lowest BCUT2D eigenvalue weighted by Crippen LogP contribution is -2.31. The Kier molecular flexibility index (Phi) is 6.08. The Bertz CT molecular complexity index is 229. The maximum Gasteiger partial charge on any atom is 0.306 e. The highest BCUT2D eigenvalue weighted by atomic mass is 79.9. The third-order valence-corrected chi connectivity index (χ3v) is 4.13. The van der Waals surface area contributed by atoms with Gasteiger partial charge in [0.05, 0.1) is 13.5 Å². The molecule has 0 rings (SSSR count). The van der Waals surface area contributed by atoms with Crippen molar-refractivity contribution in [1.82, 2.24) is 0 Å². The first kappa shape index (κ1) is 15.7. The Morgan fingerprint density at radius 2 is 2.07 bits per heavy atom. The molecule has 0 aliphatic carbocycles. The number of halogens is 4. The highest BCUT2D eigenvalue weighted by Gasteiger charge is 2.36. The molecule has 0 aliphatic rings. The minimum atomic E-state index is -1.95. The van der Waals surface area contributed by atoms with Crippen LogP contribution in [0, 0.1) is 5.41 Å². The summed E-state index contributed by atoms with van der Waals surface area (Å²) >= 11 is 11.4. The van der Waals surface area contributed by atoms with Gasteiger partial charge in [-0.3, -0.25) is 4.79 Å². The summed E-state index contributed by atoms with van der Waals surface area (Å²) in [5.74, 6) is -0.321. The number of esters is 1. The number of carbonyl (C=O) groups is 1. The molecule has 15 heavy (non-hydrogen) atoms. The maximum absolute atomic E-state index is 13.1. The molecule has 0 aromatic rings. The molecule has 0 aliphatic heterocycles. The molecule has 2 unspecified atom stereocenters. The lowest BCUT2D eigenvalue weighted by molar-refractivity contribution is -0.142. The molecule has 0 fully saturated rings. The SMILES string of the molecule is COC(=O)CC(C)(C)C(Br)CC(F)(Cl)Br. The van der Waals surface area contributed by atoms with Crippen molar-refractivity contribution in [3.63, 3.8) is 0 Å². The van der Waals surface area contributed by atoms with E-state index in [9.17, 15) is 9.18 Å². The van der Waals surface area contributed by atoms with E-state index < -0.39 is 9.45 Å². The first-order chi connectivity index (χ1) is 6.58. The zero-order chi connectivity index (χ0) is 12.3. The van der Waals surface area contributed by atoms with Crippen LogP contribution in [0.3, 0.4) is 0 Å². The van der Waals surface area contributed by atoms with E-state index in [1.54, 1.807) is 0 Å². The van der Waals surface area contributed by atoms with E-state index in [0.29, 0.717) is 0 Å². The van der Waals surface area contributed by atoms with Crippen LogP contribution in [0.15, 0.2) is 0 Å². The topological polar surface area (TPSA) is 26.3 Å². The monoisotopic (exact) mass is 366 g/mol. The fourth-order valence-electron chi connectivity index (χ4n) is 1.03. The van der Waals surface area contributed by atoms with Crippen molar-refractivity contribution in [3.05, 3.63) is 0 Å². The van der Waals surface area contributed by atoms with Crippen LogP contribution in [0.4, 0.5) is 4.39 Å². The van der Waals surface area contributed by atoms with Gasteiger partial charge >= 0.3 is 5.97 Å². The molecule has 0 saturated carbocycles. The molecule has 0 N–H and O–H groups in total. The van der Waals surface area contributed by atoms with Crippen molar-refractivity contribution in [3.8, 4) is 0 Å². The van der Waals surface area contributed by atoms with E-state index in [1.165, 1.54) is 7.11 Å². The van der Waals surface area contributed by atoms with Gasteiger partial charge in [0.25, 0.3) is 0 Å². The maximum atomic E-state index is 13.1. The third-order valence-electron chi connectivity index (χ3n) is 2.09. The van der Waals surface area contributed by atoms with Gasteiger partial charge in [-0.1, -0.05) is 41.4 Å². The Balaban J connectivity index is 4.38. The first-order valence-electron chi connectivity index (χ1n) is 4.36. The van der Waals surface area contributed by atoms with Gasteiger partial charge in [-0.15, -0.1) is 0 Å². The van der Waals surface area contributed by atoms with E-state index in [1.807, 2.05) is 13.8 Å². The summed E-state index contributed by atoms with van der Waals surface area (Å²) in [6.07, 6.45) is 0.262. The molecule has 0 radical (unpaired) electrons. The Labute approximate surface area is 111 Å². The zero-order valence-corrected chi connectivity index (χ0v) is 12.7. The smallest absolute Gasteiger partial charge is 0.306 e. The number of rotatable bonds is 5. The second-order valence-electron chi connectivity index (χ2n) is 4.03. The van der Waals surface area contributed by atoms with Crippen molar-refractivity contribution >= 4 is 49.4 Å². The first-order valence-corrected chi connectivity index (χ1v) is 6.45. The van der Waals surface area contributed by atoms with Crippen LogP contribution in [0.25, 0.3) is 0 Å². The summed E-state index contributed by atoms with van der Waals surface area (Å²) in [6, 6.07) is 0. The molecule has 0 spiro atoms. The Morgan fingerprint density at radius 3 is 2.40 bits per heavy atom. The van der Waals surface area contributed by atoms with Gasteiger partial charge in [0.1, 0.15) is 0 Å². The minimum absolute atomic E-state index is 0.0541. The summed E-state index contributed by atoms with van der Waals surface area (Å²) in [6.45, 7) is 3.69. The molecule has 90 valence electrons. The standard InChI is InChI=1S/C9H14Br2ClFO2/c1-8(2,5-7(14)15-3)6(10)4-9(11,12)13/h6H,4-5H2,1-3H3. The van der Waals surface area contributed by atoms with E-state index in [-0.39, 0.29) is 23.6 Å². The molecule has 0 saturated heterocycles. The highest BCUT2D eigenvalue weighted by Crippen LogP contribution is 2.41. The lowest BCUT2D eigenvalue weighted by atomic mass is 9.84. The third kappa shape index (κ3) is 6.74. The number of methoxy groups -OCH3 is 1. The van der Waals surface area contributed by atoms with Gasteiger partial charge in [-0.2, -0.15) is 0 Å². The van der Waals surface area contributed by atoms with Crippen LogP contribution in [-0.4, -0.2) is 21.9 Å². The van der Waals surface area contributed by atoms with Crippen LogP contribution >= 0.6 is 43.5 Å². The largest absolute Gasteiger partial charge is 0.469 e. The van der Waals surface area contributed by atoms with E-state index in [2.05, 4.69) is 36.6 Å². The average Bonchev–Trinajstić information content (AvgIpc) is 2.00. The van der Waals surface area contributed by atoms with Crippen LogP contribution in [0.5, 0.6) is 0 Å². The fourth-order valence-corrected chi connectivity index (χ4v) is 2.74. The van der Waals surface area contributed by atoms with Crippen LogP contribution < -0.4 is 0 Å². The molecular formula is C9H14Br2ClFO2. The summed E-state index contributed by atoms with van der Waals surface area (Å²) in [7, 11) is 1.33. The number of alkyl halides is 4. The van der Waals surface area contributed by atoms with Crippen molar-refractivity contribution < 1.29 is 13.9 Å². The second-order valence-corrected chi connectivity index (χ2v) is 7.45. The molecule has 0 bridgehead atoms. The summed E-state index contributed by atoms with van der Waals surface area (Å²) < 4.78 is 15.7. The van der Waals surface area contributed by atoms with Gasteiger partial charge in [-0.05, 0) is 21.3 Å². The van der Waals surface area contributed by atoms with Gasteiger partial charge in [0.2, 0.25) is 4.04 Å². The molecule has 0 amide bonds. The quantitative estimate of drug-likeness (QED) is 0.542. The number of hydrogen-bond donors (Lipinski definition) is 0. The van der Waals surface area contributed by atoms with Crippen molar-refractivity contribution in [2.75, 3.05) is 7.11 Å². The molecule has 0 aromatic carbocycles. The van der Waals surface area contributed by atoms with Gasteiger partial charge in [0, 0.05) is 11.2 Å². The normalized spacial score (nSPS) is 18.1. The number of carbonyl (C=O) groups excluding carboxylic acids is 1. The summed E-state index contributed by atoms with van der Waals surface area (Å²) in [5, 5.41) is 0. The van der Waals surface area contributed by atoms with Crippen molar-refractivity contribution in [2.24, 2.45) is 5.41 Å². The van der Waals surface area contributed by atoms with Crippen LogP contribution in [0.1, 0.15) is 26.7 Å². The summed E-state index contributed by atoms with van der Waals surface area (Å²) in [5.41, 5.74) is -0.424. The molecule has 6 heteroatoms. The molecular weight excluding hydrogens is 354 g/mol. The van der Waals surface area contributed by atoms with Gasteiger partial charge in [-0.25, -0.2) is 4.39 Å². The van der Waals surface area contributed by atoms with E-state index in [0.717, 1.165) is 0 Å². The predicted octanol–water partition coefficient (Wildman–Crippen LogP) is 3.99. The van der Waals surface area contributed by atoms with E-state index >= 15 is 0 Å². The van der Waals surface area contributed by atoms with Crippen LogP contribution in [0.2, 0.25) is 0 Å². The molecule has 2 nitrogen and oxygen atoms in total. The van der Waals surface area contributed by atoms with Gasteiger partial charge < -0.3 is 4.74 Å². The van der Waals surface area contributed by atoms with E-state index in [4.69, 9.17) is 11.6 Å². The Morgan fingerprint density at radius 1 is 1.60 bits per heavy atom. The van der Waals surface area contributed by atoms with Crippen molar-refractivity contribution in [1.29, 1.82) is 0 Å². The minimum Gasteiger partial charge on any atom is -0.469 e. The molecule has 0 aromatic heterocycles. The predicted molar refractivity (Wildman–Crippen MR) is 66.4 cm³/mol. The number of ether oxygens (including phenoxy) is 1. The highest BCUT2D eigenvalue weighted by molar-refractivity contribution is 9.10. The molecule has 0 heterocycles. The second kappa shape index (κ2) is 5.82. The van der Waals surface area contributed by atoms with Crippen LogP contribution in [-0.2, 0) is 9.53 Å². The Hall–Kier alpha value is 0.650.